The molecule has 0 aliphatic rings. The Hall–Kier alpha value is -1.13. The Morgan fingerprint density at radius 1 is 1.40 bits per heavy atom. The quantitative estimate of drug-likeness (QED) is 0.759. The largest absolute Gasteiger partial charge is 0.297 e. The lowest BCUT2D eigenvalue weighted by Gasteiger charge is -2.00. The SMILES string of the molecule is Cn1[nH]c(-c2ccc(Cl)cc2F)cc1=S. The van der Waals surface area contributed by atoms with Crippen molar-refractivity contribution >= 4 is 23.8 Å². The van der Waals surface area contributed by atoms with Crippen LogP contribution < -0.4 is 0 Å². The number of aromatic amines is 1. The minimum Gasteiger partial charge on any atom is -0.297 e. The highest BCUT2D eigenvalue weighted by Crippen LogP contribution is 2.23. The Labute approximate surface area is 96.3 Å². The molecule has 2 aromatic rings. The second-order valence-electron chi connectivity index (χ2n) is 3.19. The maximum absolute atomic E-state index is 13.5. The zero-order valence-electron chi connectivity index (χ0n) is 7.92. The van der Waals surface area contributed by atoms with Crippen LogP contribution in [0.25, 0.3) is 11.3 Å². The van der Waals surface area contributed by atoms with Crippen LogP contribution in [0.4, 0.5) is 4.39 Å². The molecule has 2 rings (SSSR count). The van der Waals surface area contributed by atoms with Crippen molar-refractivity contribution in [2.45, 2.75) is 0 Å². The van der Waals surface area contributed by atoms with Gasteiger partial charge in [0.2, 0.25) is 0 Å². The summed E-state index contributed by atoms with van der Waals surface area (Å²) >= 11 is 10.7. The van der Waals surface area contributed by atoms with Crippen molar-refractivity contribution in [2.75, 3.05) is 0 Å². The van der Waals surface area contributed by atoms with Gasteiger partial charge in [0.1, 0.15) is 10.5 Å². The van der Waals surface area contributed by atoms with Crippen molar-refractivity contribution in [1.82, 2.24) is 9.78 Å². The van der Waals surface area contributed by atoms with E-state index in [1.54, 1.807) is 29.9 Å². The molecule has 2 nitrogen and oxygen atoms in total. The summed E-state index contributed by atoms with van der Waals surface area (Å²) in [7, 11) is 1.78. The van der Waals surface area contributed by atoms with Crippen molar-refractivity contribution in [3.8, 4) is 11.3 Å². The fourth-order valence-corrected chi connectivity index (χ4v) is 1.66. The van der Waals surface area contributed by atoms with Gasteiger partial charge in [-0.15, -0.1) is 0 Å². The van der Waals surface area contributed by atoms with Crippen LogP contribution in [0.5, 0.6) is 0 Å². The topological polar surface area (TPSA) is 20.7 Å². The Bertz CT molecular complexity index is 559. The normalized spacial score (nSPS) is 10.6. The Morgan fingerprint density at radius 3 is 2.67 bits per heavy atom. The lowest BCUT2D eigenvalue weighted by Crippen LogP contribution is -1.90. The van der Waals surface area contributed by atoms with Gasteiger partial charge in [0, 0.05) is 23.7 Å². The van der Waals surface area contributed by atoms with Gasteiger partial charge in [0.25, 0.3) is 0 Å². The summed E-state index contributed by atoms with van der Waals surface area (Å²) < 4.78 is 15.8. The number of halogens is 2. The minimum absolute atomic E-state index is 0.362. The molecule has 5 heteroatoms. The van der Waals surface area contributed by atoms with Crippen LogP contribution in [0, 0.1) is 10.5 Å². The molecule has 0 aliphatic heterocycles. The standard InChI is InChI=1S/C10H8ClFN2S/c1-14-10(15)5-9(13-14)7-3-2-6(11)4-8(7)12/h2-5,13H,1H3. The number of nitrogens with one attached hydrogen (secondary N) is 1. The molecule has 1 N–H and O–H groups in total. The fourth-order valence-electron chi connectivity index (χ4n) is 1.33. The van der Waals surface area contributed by atoms with Crippen LogP contribution in [-0.2, 0) is 7.05 Å². The Kier molecular flexibility index (Phi) is 2.63. The third-order valence-electron chi connectivity index (χ3n) is 2.11. The summed E-state index contributed by atoms with van der Waals surface area (Å²) in [4.78, 5) is 0. The summed E-state index contributed by atoms with van der Waals surface area (Å²) in [6, 6.07) is 6.25. The molecule has 0 radical (unpaired) electrons. The molecule has 0 aliphatic carbocycles. The lowest BCUT2D eigenvalue weighted by atomic mass is 10.1. The molecule has 1 heterocycles. The van der Waals surface area contributed by atoms with Gasteiger partial charge in [-0.3, -0.25) is 9.78 Å². The predicted molar refractivity (Wildman–Crippen MR) is 61.0 cm³/mol. The fraction of sp³-hybridized carbons (Fsp3) is 0.100. The number of nitrogens with zero attached hydrogens (tertiary/aromatic N) is 1. The van der Waals surface area contributed by atoms with Gasteiger partial charge < -0.3 is 0 Å². The number of hydrogen-bond donors (Lipinski definition) is 1. The van der Waals surface area contributed by atoms with Crippen LogP contribution in [0.2, 0.25) is 5.02 Å². The average Bonchev–Trinajstić information content (AvgIpc) is 2.46. The van der Waals surface area contributed by atoms with E-state index >= 15 is 0 Å². The first kappa shape index (κ1) is 10.4. The van der Waals surface area contributed by atoms with Gasteiger partial charge in [-0.05, 0) is 18.2 Å². The van der Waals surface area contributed by atoms with Gasteiger partial charge in [-0.2, -0.15) is 0 Å². The third-order valence-corrected chi connectivity index (χ3v) is 2.73. The maximum Gasteiger partial charge on any atom is 0.134 e. The number of H-pyrrole nitrogens is 1. The molecule has 0 bridgehead atoms. The van der Waals surface area contributed by atoms with E-state index < -0.39 is 0 Å². The summed E-state index contributed by atoms with van der Waals surface area (Å²) in [6.45, 7) is 0. The molecule has 15 heavy (non-hydrogen) atoms. The molecule has 0 atom stereocenters. The highest BCUT2D eigenvalue weighted by molar-refractivity contribution is 7.71. The van der Waals surface area contributed by atoms with Crippen molar-refractivity contribution in [2.24, 2.45) is 7.05 Å². The van der Waals surface area contributed by atoms with E-state index in [0.717, 1.165) is 0 Å². The first-order valence-electron chi connectivity index (χ1n) is 4.29. The molecule has 0 saturated heterocycles. The van der Waals surface area contributed by atoms with Gasteiger partial charge in [-0.1, -0.05) is 23.8 Å². The first-order chi connectivity index (χ1) is 7.08. The summed E-state index contributed by atoms with van der Waals surface area (Å²) in [5.41, 5.74) is 1.11. The van der Waals surface area contributed by atoms with Crippen LogP contribution in [-0.4, -0.2) is 9.78 Å². The van der Waals surface area contributed by atoms with E-state index in [1.165, 1.54) is 6.07 Å². The molecule has 1 aromatic carbocycles. The highest BCUT2D eigenvalue weighted by atomic mass is 35.5. The highest BCUT2D eigenvalue weighted by Gasteiger charge is 2.07. The molecule has 1 aromatic heterocycles. The first-order valence-corrected chi connectivity index (χ1v) is 5.08. The summed E-state index contributed by atoms with van der Waals surface area (Å²) in [5.74, 6) is -0.362. The molecule has 0 fully saturated rings. The zero-order chi connectivity index (χ0) is 11.0. The smallest absolute Gasteiger partial charge is 0.134 e. The van der Waals surface area contributed by atoms with E-state index in [2.05, 4.69) is 5.10 Å². The van der Waals surface area contributed by atoms with Crippen molar-refractivity contribution in [3.05, 3.63) is 39.7 Å². The van der Waals surface area contributed by atoms with E-state index in [-0.39, 0.29) is 5.82 Å². The summed E-state index contributed by atoms with van der Waals surface area (Å²) in [6.07, 6.45) is 0. The molecule has 0 saturated carbocycles. The van der Waals surface area contributed by atoms with Crippen molar-refractivity contribution in [1.29, 1.82) is 0 Å². The molecule has 0 unspecified atom stereocenters. The number of benzene rings is 1. The van der Waals surface area contributed by atoms with Crippen LogP contribution in [0.15, 0.2) is 24.3 Å². The maximum atomic E-state index is 13.5. The number of aryl methyl sites for hydroxylation is 1. The molecule has 0 amide bonds. The molecular formula is C10H8ClFN2S. The van der Waals surface area contributed by atoms with E-state index in [1.807, 2.05) is 0 Å². The van der Waals surface area contributed by atoms with E-state index in [9.17, 15) is 4.39 Å². The number of hydrogen-bond acceptors (Lipinski definition) is 1. The third kappa shape index (κ3) is 1.96. The molecule has 0 spiro atoms. The zero-order valence-corrected chi connectivity index (χ0v) is 9.49. The Morgan fingerprint density at radius 2 is 2.13 bits per heavy atom. The van der Waals surface area contributed by atoms with Crippen molar-refractivity contribution < 1.29 is 4.39 Å². The Balaban J connectivity index is 2.59. The molecule has 78 valence electrons. The van der Waals surface area contributed by atoms with Crippen molar-refractivity contribution in [3.63, 3.8) is 0 Å². The van der Waals surface area contributed by atoms with Gasteiger partial charge >= 0.3 is 0 Å². The second-order valence-corrected chi connectivity index (χ2v) is 4.05. The number of aromatic nitrogens is 2. The number of rotatable bonds is 1. The lowest BCUT2D eigenvalue weighted by molar-refractivity contribution is 0.630. The monoisotopic (exact) mass is 242 g/mol. The van der Waals surface area contributed by atoms with Gasteiger partial charge in [0.15, 0.2) is 0 Å². The van der Waals surface area contributed by atoms with Crippen LogP contribution in [0.3, 0.4) is 0 Å². The predicted octanol–water partition coefficient (Wildman–Crippen LogP) is 3.54. The van der Waals surface area contributed by atoms with Crippen LogP contribution >= 0.6 is 23.8 Å². The average molecular weight is 243 g/mol. The van der Waals surface area contributed by atoms with Gasteiger partial charge in [-0.25, -0.2) is 4.39 Å². The van der Waals surface area contributed by atoms with Crippen LogP contribution in [0.1, 0.15) is 0 Å². The summed E-state index contributed by atoms with van der Waals surface area (Å²) in [5, 5.41) is 3.33. The second kappa shape index (κ2) is 3.79. The van der Waals surface area contributed by atoms with E-state index in [4.69, 9.17) is 23.8 Å². The molecular weight excluding hydrogens is 235 g/mol. The van der Waals surface area contributed by atoms with Gasteiger partial charge in [0.05, 0.1) is 5.69 Å². The van der Waals surface area contributed by atoms with E-state index in [0.29, 0.717) is 20.9 Å². The minimum atomic E-state index is -0.362.